The Morgan fingerprint density at radius 3 is 2.43 bits per heavy atom. The van der Waals surface area contributed by atoms with Gasteiger partial charge in [-0.05, 0) is 0 Å². The first-order chi connectivity index (χ1) is 6.41. The highest BCUT2D eigenvalue weighted by molar-refractivity contribution is 5.75. The number of ether oxygens (including phenoxy) is 2. The lowest BCUT2D eigenvalue weighted by Crippen LogP contribution is -2.70. The second-order valence-electron chi connectivity index (χ2n) is 3.44. The van der Waals surface area contributed by atoms with Crippen molar-refractivity contribution in [2.45, 2.75) is 24.5 Å². The van der Waals surface area contributed by atoms with Crippen LogP contribution < -0.4 is 5.32 Å². The van der Waals surface area contributed by atoms with Gasteiger partial charge in [0.05, 0.1) is 0 Å². The quantitative estimate of drug-likeness (QED) is 0.628. The molecule has 1 N–H and O–H groups in total. The summed E-state index contributed by atoms with van der Waals surface area (Å²) in [6, 6.07) is 0. The average molecular weight is 211 g/mol. The van der Waals surface area contributed by atoms with Gasteiger partial charge in [-0.15, -0.1) is 0 Å². The van der Waals surface area contributed by atoms with E-state index in [4.69, 9.17) is 4.74 Å². The van der Waals surface area contributed by atoms with Gasteiger partial charge in [-0.2, -0.15) is 13.2 Å². The van der Waals surface area contributed by atoms with E-state index in [9.17, 15) is 18.0 Å². The maximum absolute atomic E-state index is 11.7. The summed E-state index contributed by atoms with van der Waals surface area (Å²) in [5.41, 5.74) is -0.378. The first-order valence-corrected chi connectivity index (χ1v) is 4.08. The van der Waals surface area contributed by atoms with Crippen LogP contribution in [-0.4, -0.2) is 37.1 Å². The zero-order valence-electron chi connectivity index (χ0n) is 7.06. The zero-order chi connectivity index (χ0) is 10.4. The molecule has 1 spiro atoms. The second kappa shape index (κ2) is 2.83. The predicted octanol–water partition coefficient (Wildman–Crippen LogP) is 0.180. The van der Waals surface area contributed by atoms with E-state index in [1.165, 1.54) is 0 Å². The Labute approximate surface area is 77.4 Å². The minimum Gasteiger partial charge on any atom is -0.429 e. The highest BCUT2D eigenvalue weighted by Gasteiger charge is 2.54. The van der Waals surface area contributed by atoms with E-state index in [0.29, 0.717) is 19.5 Å². The molecule has 0 aromatic heterocycles. The topological polar surface area (TPSA) is 47.6 Å². The van der Waals surface area contributed by atoms with Crippen molar-refractivity contribution < 1.29 is 27.4 Å². The molecule has 2 heterocycles. The van der Waals surface area contributed by atoms with Gasteiger partial charge in [-0.1, -0.05) is 0 Å². The highest BCUT2D eigenvalue weighted by Crippen LogP contribution is 2.37. The highest BCUT2D eigenvalue weighted by atomic mass is 19.4. The van der Waals surface area contributed by atoms with Gasteiger partial charge in [0.15, 0.2) is 0 Å². The van der Waals surface area contributed by atoms with Crippen LogP contribution in [0.2, 0.25) is 0 Å². The summed E-state index contributed by atoms with van der Waals surface area (Å²) < 4.78 is 44.2. The molecule has 0 amide bonds. The lowest BCUT2D eigenvalue weighted by atomic mass is 9.87. The Balaban J connectivity index is 1.76. The van der Waals surface area contributed by atoms with Gasteiger partial charge in [0.25, 0.3) is 0 Å². The van der Waals surface area contributed by atoms with E-state index in [2.05, 4.69) is 10.1 Å². The van der Waals surface area contributed by atoms with Crippen molar-refractivity contribution >= 4 is 5.97 Å². The van der Waals surface area contributed by atoms with Gasteiger partial charge in [0, 0.05) is 19.5 Å². The normalized spacial score (nSPS) is 29.2. The molecule has 0 aromatic rings. The van der Waals surface area contributed by atoms with Gasteiger partial charge in [0.2, 0.25) is 6.29 Å². The molecule has 1 atom stereocenters. The van der Waals surface area contributed by atoms with E-state index in [1.807, 2.05) is 0 Å². The summed E-state index contributed by atoms with van der Waals surface area (Å²) in [7, 11) is 0. The minimum absolute atomic E-state index is 0.335. The van der Waals surface area contributed by atoms with Crippen molar-refractivity contribution in [3.63, 3.8) is 0 Å². The summed E-state index contributed by atoms with van der Waals surface area (Å²) in [4.78, 5) is 10.3. The molecule has 0 saturated carbocycles. The molecule has 0 radical (unpaired) electrons. The number of rotatable bonds is 1. The van der Waals surface area contributed by atoms with Gasteiger partial charge >= 0.3 is 12.1 Å². The second-order valence-corrected chi connectivity index (χ2v) is 3.44. The van der Waals surface area contributed by atoms with E-state index in [1.54, 1.807) is 0 Å². The molecule has 0 aliphatic carbocycles. The fourth-order valence-electron chi connectivity index (χ4n) is 1.46. The Morgan fingerprint density at radius 2 is 2.07 bits per heavy atom. The van der Waals surface area contributed by atoms with E-state index < -0.39 is 18.4 Å². The van der Waals surface area contributed by atoms with Crippen molar-refractivity contribution in [1.82, 2.24) is 5.32 Å². The Kier molecular flexibility index (Phi) is 1.97. The molecular weight excluding hydrogens is 203 g/mol. The molecule has 2 saturated heterocycles. The molecule has 7 heteroatoms. The molecule has 14 heavy (non-hydrogen) atoms. The third-order valence-corrected chi connectivity index (χ3v) is 2.28. The Bertz CT molecular complexity index is 253. The summed E-state index contributed by atoms with van der Waals surface area (Å²) in [6.45, 7) is 1.21. The molecular formula is C7H8F3NO3. The van der Waals surface area contributed by atoms with Gasteiger partial charge < -0.3 is 14.8 Å². The maximum Gasteiger partial charge on any atom is 0.491 e. The molecule has 4 nitrogen and oxygen atoms in total. The van der Waals surface area contributed by atoms with E-state index >= 15 is 0 Å². The van der Waals surface area contributed by atoms with Crippen LogP contribution in [0, 0.1) is 0 Å². The fraction of sp³-hybridized carbons (Fsp3) is 0.857. The molecule has 2 fully saturated rings. The van der Waals surface area contributed by atoms with Crippen molar-refractivity contribution in [3.8, 4) is 0 Å². The molecule has 1 unspecified atom stereocenters. The summed E-state index contributed by atoms with van der Waals surface area (Å²) in [5.74, 6) is -2.19. The fourth-order valence-corrected chi connectivity index (χ4v) is 1.46. The van der Waals surface area contributed by atoms with Crippen LogP contribution in [0.1, 0.15) is 6.42 Å². The van der Waals surface area contributed by atoms with Gasteiger partial charge in [0.1, 0.15) is 5.60 Å². The third kappa shape index (κ3) is 1.57. The number of halogens is 3. The number of carbonyl (C=O) groups excluding carboxylic acids is 1. The van der Waals surface area contributed by atoms with Crippen LogP contribution in [0.3, 0.4) is 0 Å². The summed E-state index contributed by atoms with van der Waals surface area (Å²) in [5, 5.41) is 2.92. The van der Waals surface area contributed by atoms with Crippen LogP contribution in [0.4, 0.5) is 13.2 Å². The summed E-state index contributed by atoms with van der Waals surface area (Å²) in [6.07, 6.45) is -5.64. The summed E-state index contributed by atoms with van der Waals surface area (Å²) >= 11 is 0. The first-order valence-electron chi connectivity index (χ1n) is 4.08. The van der Waals surface area contributed by atoms with Gasteiger partial charge in [-0.3, -0.25) is 0 Å². The van der Waals surface area contributed by atoms with Crippen molar-refractivity contribution in [2.24, 2.45) is 0 Å². The number of nitrogens with one attached hydrogen (secondary N) is 1. The van der Waals surface area contributed by atoms with E-state index in [0.717, 1.165) is 0 Å². The van der Waals surface area contributed by atoms with Crippen molar-refractivity contribution in [3.05, 3.63) is 0 Å². The monoisotopic (exact) mass is 211 g/mol. The van der Waals surface area contributed by atoms with Crippen LogP contribution in [0.25, 0.3) is 0 Å². The van der Waals surface area contributed by atoms with E-state index in [-0.39, 0.29) is 5.60 Å². The lowest BCUT2D eigenvalue weighted by Gasteiger charge is -2.52. The number of carbonyl (C=O) groups is 1. The van der Waals surface area contributed by atoms with Crippen molar-refractivity contribution in [2.75, 3.05) is 13.1 Å². The molecule has 2 rings (SSSR count). The largest absolute Gasteiger partial charge is 0.491 e. The maximum atomic E-state index is 11.7. The number of esters is 1. The van der Waals surface area contributed by atoms with Crippen LogP contribution in [0.15, 0.2) is 0 Å². The minimum atomic E-state index is -4.94. The smallest absolute Gasteiger partial charge is 0.429 e. The predicted molar refractivity (Wildman–Crippen MR) is 37.2 cm³/mol. The molecule has 0 bridgehead atoms. The third-order valence-electron chi connectivity index (χ3n) is 2.28. The lowest BCUT2D eigenvalue weighted by molar-refractivity contribution is -0.320. The Morgan fingerprint density at radius 1 is 1.50 bits per heavy atom. The average Bonchev–Trinajstić information content (AvgIpc) is 1.88. The van der Waals surface area contributed by atoms with Gasteiger partial charge in [-0.25, -0.2) is 4.79 Å². The standard InChI is InChI=1S/C7H8F3NO3/c8-7(9,10)5(12)13-4-1-6(14-4)2-11-3-6/h4,11H,1-3H2. The number of hydrogen-bond acceptors (Lipinski definition) is 4. The molecule has 80 valence electrons. The molecule has 2 aliphatic heterocycles. The molecule has 2 aliphatic rings. The number of alkyl halides is 3. The van der Waals surface area contributed by atoms with Crippen molar-refractivity contribution in [1.29, 1.82) is 0 Å². The number of hydrogen-bond donors (Lipinski definition) is 1. The van der Waals surface area contributed by atoms with Crippen LogP contribution in [0.5, 0.6) is 0 Å². The first kappa shape index (κ1) is 9.72. The Hall–Kier alpha value is -0.820. The van der Waals surface area contributed by atoms with Crippen LogP contribution in [-0.2, 0) is 14.3 Å². The zero-order valence-corrected chi connectivity index (χ0v) is 7.06. The SMILES string of the molecule is O=C(OC1CC2(CNC2)O1)C(F)(F)F. The molecule has 0 aromatic carbocycles. The van der Waals surface area contributed by atoms with Crippen LogP contribution >= 0.6 is 0 Å².